The molecule has 0 saturated heterocycles. The third kappa shape index (κ3) is 4.30. The summed E-state index contributed by atoms with van der Waals surface area (Å²) in [4.78, 5) is 17.7. The van der Waals surface area contributed by atoms with Crippen molar-refractivity contribution in [1.29, 1.82) is 0 Å². The first-order valence-corrected chi connectivity index (χ1v) is 12.6. The number of benzene rings is 2. The lowest BCUT2D eigenvalue weighted by Gasteiger charge is -2.18. The number of fused-ring (bicyclic) bond motifs is 2. The van der Waals surface area contributed by atoms with Crippen LogP contribution in [0.5, 0.6) is 11.5 Å². The van der Waals surface area contributed by atoms with E-state index in [0.717, 1.165) is 23.1 Å². The Morgan fingerprint density at radius 1 is 1.16 bits per heavy atom. The minimum atomic E-state index is -3.58. The van der Waals surface area contributed by atoms with Crippen LogP contribution < -0.4 is 14.3 Å². The zero-order valence-corrected chi connectivity index (χ0v) is 19.8. The van der Waals surface area contributed by atoms with Gasteiger partial charge in [0.25, 0.3) is 5.91 Å². The van der Waals surface area contributed by atoms with Gasteiger partial charge in [-0.25, -0.2) is 12.7 Å². The molecule has 0 unspecified atom stereocenters. The third-order valence-electron chi connectivity index (χ3n) is 5.31. The number of thiazole rings is 1. The summed E-state index contributed by atoms with van der Waals surface area (Å²) in [6, 6.07) is 9.69. The minimum Gasteiger partial charge on any atom is -0.486 e. The lowest BCUT2D eigenvalue weighted by molar-refractivity contribution is 0.0998. The van der Waals surface area contributed by atoms with Crippen LogP contribution in [-0.2, 0) is 17.1 Å². The van der Waals surface area contributed by atoms with Gasteiger partial charge in [-0.2, -0.15) is 4.99 Å². The maximum absolute atomic E-state index is 12.8. The Balaban J connectivity index is 1.61. The van der Waals surface area contributed by atoms with Crippen molar-refractivity contribution in [3.05, 3.63) is 46.8 Å². The SMILES string of the molecule is CCCCN(C)S(=O)(=O)c1ccc(C(=O)N=c2sc3cc4c(cc3n2C)OCCO4)cc1. The summed E-state index contributed by atoms with van der Waals surface area (Å²) in [5.74, 6) is 0.924. The average molecular weight is 476 g/mol. The van der Waals surface area contributed by atoms with Gasteiger partial charge < -0.3 is 14.0 Å². The van der Waals surface area contributed by atoms with Crippen molar-refractivity contribution >= 4 is 37.5 Å². The molecule has 0 spiro atoms. The summed E-state index contributed by atoms with van der Waals surface area (Å²) in [7, 11) is -0.179. The molecule has 4 rings (SSSR count). The molecular weight excluding hydrogens is 450 g/mol. The second-order valence-corrected chi connectivity index (χ2v) is 10.6. The molecule has 0 saturated carbocycles. The van der Waals surface area contributed by atoms with Gasteiger partial charge in [0.2, 0.25) is 10.0 Å². The number of aryl methyl sites for hydroxylation is 1. The largest absolute Gasteiger partial charge is 0.486 e. The molecule has 8 nitrogen and oxygen atoms in total. The molecule has 0 bridgehead atoms. The van der Waals surface area contributed by atoms with Gasteiger partial charge in [-0.3, -0.25) is 4.79 Å². The summed E-state index contributed by atoms with van der Waals surface area (Å²) in [5, 5.41) is 0. The molecule has 0 radical (unpaired) electrons. The van der Waals surface area contributed by atoms with Crippen LogP contribution in [-0.4, -0.2) is 50.0 Å². The highest BCUT2D eigenvalue weighted by molar-refractivity contribution is 7.89. The molecule has 10 heteroatoms. The average Bonchev–Trinajstić information content (AvgIpc) is 3.10. The number of aromatic nitrogens is 1. The Bertz CT molecular complexity index is 1320. The number of rotatable bonds is 6. The Kier molecular flexibility index (Phi) is 6.36. The van der Waals surface area contributed by atoms with E-state index in [4.69, 9.17) is 9.47 Å². The summed E-state index contributed by atoms with van der Waals surface area (Å²) in [6.45, 7) is 3.47. The molecule has 170 valence electrons. The lowest BCUT2D eigenvalue weighted by Crippen LogP contribution is -2.27. The molecule has 1 aromatic heterocycles. The minimum absolute atomic E-state index is 0.158. The van der Waals surface area contributed by atoms with Crippen molar-refractivity contribution in [1.82, 2.24) is 8.87 Å². The normalized spacial score (nSPS) is 14.3. The smallest absolute Gasteiger partial charge is 0.279 e. The van der Waals surface area contributed by atoms with Gasteiger partial charge in [0.1, 0.15) is 13.2 Å². The number of sulfonamides is 1. The monoisotopic (exact) mass is 475 g/mol. The highest BCUT2D eigenvalue weighted by Gasteiger charge is 2.21. The molecule has 3 aromatic rings. The first-order chi connectivity index (χ1) is 15.3. The first kappa shape index (κ1) is 22.5. The summed E-state index contributed by atoms with van der Waals surface area (Å²) in [6.07, 6.45) is 1.70. The van der Waals surface area contributed by atoms with Crippen LogP contribution >= 0.6 is 11.3 Å². The summed E-state index contributed by atoms with van der Waals surface area (Å²) >= 11 is 1.38. The molecule has 1 aliphatic heterocycles. The van der Waals surface area contributed by atoms with E-state index in [0.29, 0.717) is 41.6 Å². The molecule has 2 heterocycles. The van der Waals surface area contributed by atoms with Crippen LogP contribution in [0.2, 0.25) is 0 Å². The molecule has 32 heavy (non-hydrogen) atoms. The highest BCUT2D eigenvalue weighted by atomic mass is 32.2. The molecule has 0 N–H and O–H groups in total. The molecule has 0 aliphatic carbocycles. The number of unbranched alkanes of at least 4 members (excludes halogenated alkanes) is 1. The van der Waals surface area contributed by atoms with Crippen LogP contribution in [0.4, 0.5) is 0 Å². The van der Waals surface area contributed by atoms with E-state index in [2.05, 4.69) is 4.99 Å². The topological polar surface area (TPSA) is 90.2 Å². The molecular formula is C22H25N3O5S2. The predicted molar refractivity (Wildman–Crippen MR) is 123 cm³/mol. The van der Waals surface area contributed by atoms with Crippen LogP contribution in [0.15, 0.2) is 46.3 Å². The van der Waals surface area contributed by atoms with Crippen molar-refractivity contribution in [3.8, 4) is 11.5 Å². The van der Waals surface area contributed by atoms with Crippen LogP contribution in [0.25, 0.3) is 10.2 Å². The van der Waals surface area contributed by atoms with E-state index in [9.17, 15) is 13.2 Å². The van der Waals surface area contributed by atoms with Crippen LogP contribution in [0.3, 0.4) is 0 Å². The predicted octanol–water partition coefficient (Wildman–Crippen LogP) is 3.17. The van der Waals surface area contributed by atoms with Gasteiger partial charge in [-0.15, -0.1) is 0 Å². The number of hydrogen-bond donors (Lipinski definition) is 0. The number of carbonyl (C=O) groups is 1. The van der Waals surface area contributed by atoms with Gasteiger partial charge in [0.15, 0.2) is 16.3 Å². The number of ether oxygens (including phenoxy) is 2. The second-order valence-electron chi connectivity index (χ2n) is 7.53. The van der Waals surface area contributed by atoms with Crippen molar-refractivity contribution in [2.24, 2.45) is 12.0 Å². The van der Waals surface area contributed by atoms with E-state index in [1.807, 2.05) is 30.7 Å². The van der Waals surface area contributed by atoms with Gasteiger partial charge in [0, 0.05) is 38.3 Å². The van der Waals surface area contributed by atoms with E-state index in [-0.39, 0.29) is 4.90 Å². The Morgan fingerprint density at radius 2 is 1.81 bits per heavy atom. The first-order valence-electron chi connectivity index (χ1n) is 10.4. The van der Waals surface area contributed by atoms with E-state index in [1.54, 1.807) is 7.05 Å². The summed E-state index contributed by atoms with van der Waals surface area (Å²) in [5.41, 5.74) is 1.21. The zero-order chi connectivity index (χ0) is 22.9. The van der Waals surface area contributed by atoms with Gasteiger partial charge in [-0.05, 0) is 30.7 Å². The van der Waals surface area contributed by atoms with E-state index in [1.165, 1.54) is 39.9 Å². The Morgan fingerprint density at radius 3 is 2.47 bits per heavy atom. The number of amides is 1. The second kappa shape index (κ2) is 9.05. The summed E-state index contributed by atoms with van der Waals surface area (Å²) < 4.78 is 40.7. The van der Waals surface area contributed by atoms with E-state index >= 15 is 0 Å². The number of hydrogen-bond acceptors (Lipinski definition) is 6. The molecule has 0 fully saturated rings. The fourth-order valence-electron chi connectivity index (χ4n) is 3.37. The number of carbonyl (C=O) groups excluding carboxylic acids is 1. The molecule has 1 amide bonds. The number of nitrogens with zero attached hydrogens (tertiary/aromatic N) is 3. The Labute approximate surface area is 190 Å². The molecule has 2 aromatic carbocycles. The van der Waals surface area contributed by atoms with Crippen molar-refractivity contribution in [2.75, 3.05) is 26.8 Å². The zero-order valence-electron chi connectivity index (χ0n) is 18.2. The van der Waals surface area contributed by atoms with Crippen molar-refractivity contribution in [2.45, 2.75) is 24.7 Å². The van der Waals surface area contributed by atoms with Gasteiger partial charge >= 0.3 is 0 Å². The van der Waals surface area contributed by atoms with Gasteiger partial charge in [-0.1, -0.05) is 24.7 Å². The fourth-order valence-corrected chi connectivity index (χ4v) is 5.61. The Hall–Kier alpha value is -2.69. The quantitative estimate of drug-likeness (QED) is 0.546. The molecule has 1 aliphatic rings. The third-order valence-corrected chi connectivity index (χ3v) is 8.27. The maximum Gasteiger partial charge on any atom is 0.279 e. The van der Waals surface area contributed by atoms with E-state index < -0.39 is 15.9 Å². The highest BCUT2D eigenvalue weighted by Crippen LogP contribution is 2.35. The van der Waals surface area contributed by atoms with Crippen LogP contribution in [0, 0.1) is 0 Å². The fraction of sp³-hybridized carbons (Fsp3) is 0.364. The van der Waals surface area contributed by atoms with Crippen molar-refractivity contribution < 1.29 is 22.7 Å². The molecule has 0 atom stereocenters. The van der Waals surface area contributed by atoms with Gasteiger partial charge in [0.05, 0.1) is 15.1 Å². The van der Waals surface area contributed by atoms with Crippen molar-refractivity contribution in [3.63, 3.8) is 0 Å². The van der Waals surface area contributed by atoms with Crippen LogP contribution in [0.1, 0.15) is 30.1 Å². The standard InChI is InChI=1S/C22H25N3O5S2/c1-4-5-10-24(2)32(27,28)16-8-6-15(7-9-16)21(26)23-22-25(3)17-13-18-19(14-20(17)31-22)30-12-11-29-18/h6-9,13-14H,4-5,10-12H2,1-3H3. The lowest BCUT2D eigenvalue weighted by atomic mass is 10.2. The maximum atomic E-state index is 12.8.